The van der Waals surface area contributed by atoms with Crippen molar-refractivity contribution in [3.63, 3.8) is 0 Å². The zero-order chi connectivity index (χ0) is 20.2. The number of aromatic nitrogens is 1. The van der Waals surface area contributed by atoms with Crippen LogP contribution in [0.4, 0.5) is 0 Å². The van der Waals surface area contributed by atoms with Crippen molar-refractivity contribution < 1.29 is 13.9 Å². The van der Waals surface area contributed by atoms with E-state index in [-0.39, 0.29) is 12.5 Å². The highest BCUT2D eigenvalue weighted by molar-refractivity contribution is 5.79. The normalized spacial score (nSPS) is 15.1. The van der Waals surface area contributed by atoms with E-state index >= 15 is 0 Å². The molecule has 0 spiro atoms. The Hall–Kier alpha value is -2.86. The van der Waals surface area contributed by atoms with Crippen molar-refractivity contribution in [2.24, 2.45) is 5.92 Å². The SMILES string of the molecule is COCc1ccc(CC2CCN(C(=O)Cn3c(=O)oc4ccccc43)CC2)cc1. The lowest BCUT2D eigenvalue weighted by atomic mass is 9.90. The molecule has 0 unspecified atom stereocenters. The van der Waals surface area contributed by atoms with Crippen LogP contribution in [0.3, 0.4) is 0 Å². The third-order valence-electron chi connectivity index (χ3n) is 5.69. The van der Waals surface area contributed by atoms with Gasteiger partial charge in [-0.1, -0.05) is 36.4 Å². The molecule has 6 nitrogen and oxygen atoms in total. The number of amides is 1. The van der Waals surface area contributed by atoms with Crippen molar-refractivity contribution >= 4 is 17.0 Å². The minimum atomic E-state index is -0.480. The topological polar surface area (TPSA) is 64.7 Å². The number of piperidine rings is 1. The first-order valence-electron chi connectivity index (χ1n) is 10.1. The first kappa shape index (κ1) is 19.5. The lowest BCUT2D eigenvalue weighted by Gasteiger charge is -2.32. The average Bonchev–Trinajstić information content (AvgIpc) is 3.05. The highest BCUT2D eigenvalue weighted by Crippen LogP contribution is 2.22. The van der Waals surface area contributed by atoms with Gasteiger partial charge in [0.25, 0.3) is 0 Å². The largest absolute Gasteiger partial charge is 0.420 e. The zero-order valence-corrected chi connectivity index (χ0v) is 16.7. The number of carbonyl (C=O) groups excluding carboxylic acids is 1. The molecule has 1 fully saturated rings. The van der Waals surface area contributed by atoms with Gasteiger partial charge in [0.2, 0.25) is 5.91 Å². The van der Waals surface area contributed by atoms with Crippen LogP contribution in [0.2, 0.25) is 0 Å². The van der Waals surface area contributed by atoms with E-state index in [0.29, 0.717) is 23.6 Å². The molecule has 1 aliphatic rings. The Balaban J connectivity index is 1.32. The number of ether oxygens (including phenoxy) is 1. The molecule has 1 saturated heterocycles. The first-order chi connectivity index (χ1) is 14.1. The maximum absolute atomic E-state index is 12.7. The molecule has 6 heteroatoms. The molecule has 2 aromatic carbocycles. The summed E-state index contributed by atoms with van der Waals surface area (Å²) in [5.41, 5.74) is 3.68. The predicted octanol–water partition coefficient (Wildman–Crippen LogP) is 3.22. The number of fused-ring (bicyclic) bond motifs is 1. The van der Waals surface area contributed by atoms with Gasteiger partial charge in [0.1, 0.15) is 6.54 Å². The smallest absolute Gasteiger partial charge is 0.408 e. The van der Waals surface area contributed by atoms with E-state index in [9.17, 15) is 9.59 Å². The summed E-state index contributed by atoms with van der Waals surface area (Å²) in [7, 11) is 1.70. The van der Waals surface area contributed by atoms with Crippen molar-refractivity contribution in [1.82, 2.24) is 9.47 Å². The molecule has 29 heavy (non-hydrogen) atoms. The van der Waals surface area contributed by atoms with Crippen LogP contribution in [-0.2, 0) is 29.1 Å². The Bertz CT molecular complexity index is 1030. The van der Waals surface area contributed by atoms with Gasteiger partial charge >= 0.3 is 5.76 Å². The van der Waals surface area contributed by atoms with E-state index in [1.807, 2.05) is 17.0 Å². The van der Waals surface area contributed by atoms with Gasteiger partial charge in [-0.25, -0.2) is 4.79 Å². The second-order valence-corrected chi connectivity index (χ2v) is 7.70. The van der Waals surface area contributed by atoms with E-state index in [1.54, 1.807) is 19.2 Å². The van der Waals surface area contributed by atoms with Crippen LogP contribution in [-0.4, -0.2) is 35.6 Å². The highest BCUT2D eigenvalue weighted by Gasteiger charge is 2.24. The van der Waals surface area contributed by atoms with E-state index in [4.69, 9.17) is 9.15 Å². The van der Waals surface area contributed by atoms with Crippen molar-refractivity contribution in [2.45, 2.75) is 32.4 Å². The zero-order valence-electron chi connectivity index (χ0n) is 16.7. The van der Waals surface area contributed by atoms with Crippen LogP contribution >= 0.6 is 0 Å². The molecule has 4 rings (SSSR count). The Morgan fingerprint density at radius 2 is 1.76 bits per heavy atom. The second kappa shape index (κ2) is 8.66. The standard InChI is InChI=1S/C23H26N2O4/c1-28-16-19-8-6-17(7-9-19)14-18-10-12-24(13-11-18)22(26)15-25-20-4-2-3-5-21(20)29-23(25)27/h2-9,18H,10-16H2,1H3. The van der Waals surface area contributed by atoms with Gasteiger partial charge in [0.15, 0.2) is 5.58 Å². The maximum Gasteiger partial charge on any atom is 0.420 e. The fraction of sp³-hybridized carbons (Fsp3) is 0.391. The molecule has 0 bridgehead atoms. The number of para-hydroxylation sites is 2. The molecule has 1 aliphatic heterocycles. The fourth-order valence-electron chi connectivity index (χ4n) is 4.06. The summed E-state index contributed by atoms with van der Waals surface area (Å²) >= 11 is 0. The molecule has 1 amide bonds. The lowest BCUT2D eigenvalue weighted by molar-refractivity contribution is -0.133. The molecule has 0 radical (unpaired) electrons. The van der Waals surface area contributed by atoms with Crippen molar-refractivity contribution in [2.75, 3.05) is 20.2 Å². The van der Waals surface area contributed by atoms with Crippen LogP contribution in [0.1, 0.15) is 24.0 Å². The monoisotopic (exact) mass is 394 g/mol. The number of methoxy groups -OCH3 is 1. The van der Waals surface area contributed by atoms with Gasteiger partial charge in [0, 0.05) is 20.2 Å². The van der Waals surface area contributed by atoms with E-state index in [0.717, 1.165) is 32.4 Å². The molecule has 0 saturated carbocycles. The molecular formula is C23H26N2O4. The highest BCUT2D eigenvalue weighted by atomic mass is 16.5. The summed E-state index contributed by atoms with van der Waals surface area (Å²) in [6.45, 7) is 2.13. The van der Waals surface area contributed by atoms with Crippen LogP contribution in [0.15, 0.2) is 57.7 Å². The van der Waals surface area contributed by atoms with E-state index in [2.05, 4.69) is 24.3 Å². The summed E-state index contributed by atoms with van der Waals surface area (Å²) in [6, 6.07) is 15.8. The van der Waals surface area contributed by atoms with Crippen LogP contribution in [0, 0.1) is 5.92 Å². The third-order valence-corrected chi connectivity index (χ3v) is 5.69. The summed E-state index contributed by atoms with van der Waals surface area (Å²) in [5.74, 6) is 0.0668. The second-order valence-electron chi connectivity index (χ2n) is 7.70. The number of rotatable bonds is 6. The summed E-state index contributed by atoms with van der Waals surface area (Å²) in [5, 5.41) is 0. The lowest BCUT2D eigenvalue weighted by Crippen LogP contribution is -2.41. The minimum Gasteiger partial charge on any atom is -0.408 e. The molecule has 0 atom stereocenters. The van der Waals surface area contributed by atoms with Gasteiger partial charge in [-0.2, -0.15) is 0 Å². The molecule has 1 aromatic heterocycles. The third kappa shape index (κ3) is 4.43. The van der Waals surface area contributed by atoms with Crippen LogP contribution in [0.5, 0.6) is 0 Å². The first-order valence-corrected chi connectivity index (χ1v) is 10.1. The van der Waals surface area contributed by atoms with E-state index in [1.165, 1.54) is 15.7 Å². The fourth-order valence-corrected chi connectivity index (χ4v) is 4.06. The summed E-state index contributed by atoms with van der Waals surface area (Å²) in [6.07, 6.45) is 2.99. The van der Waals surface area contributed by atoms with Gasteiger partial charge in [-0.15, -0.1) is 0 Å². The maximum atomic E-state index is 12.7. The molecule has 152 valence electrons. The molecule has 3 aromatic rings. The number of hydrogen-bond donors (Lipinski definition) is 0. The van der Waals surface area contributed by atoms with Gasteiger partial charge < -0.3 is 14.1 Å². The number of likely N-dealkylation sites (tertiary alicyclic amines) is 1. The summed E-state index contributed by atoms with van der Waals surface area (Å²) < 4.78 is 11.8. The van der Waals surface area contributed by atoms with Crippen LogP contribution in [0.25, 0.3) is 11.1 Å². The minimum absolute atomic E-state index is 0.0268. The van der Waals surface area contributed by atoms with Crippen molar-refractivity contribution in [1.29, 1.82) is 0 Å². The molecule has 0 N–H and O–H groups in total. The van der Waals surface area contributed by atoms with Gasteiger partial charge in [0.05, 0.1) is 12.1 Å². The Labute approximate surface area is 169 Å². The van der Waals surface area contributed by atoms with Gasteiger partial charge in [-0.3, -0.25) is 9.36 Å². The average molecular weight is 394 g/mol. The number of benzene rings is 2. The molecular weight excluding hydrogens is 368 g/mol. The van der Waals surface area contributed by atoms with Gasteiger partial charge in [-0.05, 0) is 48.4 Å². The van der Waals surface area contributed by atoms with Crippen molar-refractivity contribution in [3.8, 4) is 0 Å². The van der Waals surface area contributed by atoms with Crippen LogP contribution < -0.4 is 5.76 Å². The molecule has 2 heterocycles. The van der Waals surface area contributed by atoms with Crippen molar-refractivity contribution in [3.05, 3.63) is 70.2 Å². The number of nitrogens with zero attached hydrogens (tertiary/aromatic N) is 2. The number of hydrogen-bond acceptors (Lipinski definition) is 4. The Kier molecular flexibility index (Phi) is 5.81. The Morgan fingerprint density at radius 1 is 1.07 bits per heavy atom. The molecule has 0 aliphatic carbocycles. The Morgan fingerprint density at radius 3 is 2.48 bits per heavy atom. The predicted molar refractivity (Wildman–Crippen MR) is 111 cm³/mol. The number of oxazole rings is 1. The van der Waals surface area contributed by atoms with E-state index < -0.39 is 5.76 Å². The quantitative estimate of drug-likeness (QED) is 0.644. The number of carbonyl (C=O) groups is 1. The summed E-state index contributed by atoms with van der Waals surface area (Å²) in [4.78, 5) is 26.7.